The van der Waals surface area contributed by atoms with Crippen molar-refractivity contribution in [1.82, 2.24) is 0 Å². The number of carbonyl (C=O) groups excluding carboxylic acids is 2. The highest BCUT2D eigenvalue weighted by Gasteiger charge is 2.76. The van der Waals surface area contributed by atoms with Crippen LogP contribution in [-0.4, -0.2) is 54.8 Å². The molecule has 0 aromatic carbocycles. The van der Waals surface area contributed by atoms with Crippen LogP contribution in [0.25, 0.3) is 0 Å². The number of alkyl halides is 1. The molecule has 0 unspecified atom stereocenters. The lowest BCUT2D eigenvalue weighted by Gasteiger charge is -2.64. The molecule has 4 rings (SSSR count). The van der Waals surface area contributed by atoms with Crippen molar-refractivity contribution in [2.24, 2.45) is 28.6 Å². The van der Waals surface area contributed by atoms with Crippen molar-refractivity contribution >= 4 is 31.0 Å². The summed E-state index contributed by atoms with van der Waals surface area (Å²) in [7, 11) is -5.11. The summed E-state index contributed by atoms with van der Waals surface area (Å²) in [5.74, 6) is -2.16. The number of hydrogen-bond acceptors (Lipinski definition) is 6. The lowest BCUT2D eigenvalue weighted by molar-refractivity contribution is -0.176. The molecule has 0 spiro atoms. The van der Waals surface area contributed by atoms with Crippen LogP contribution in [0.1, 0.15) is 46.5 Å². The number of phosphoric ester groups is 1. The van der Waals surface area contributed by atoms with Gasteiger partial charge in [-0.2, -0.15) is 0 Å². The van der Waals surface area contributed by atoms with E-state index >= 15 is 0 Å². The molecule has 178 valence electrons. The van der Waals surface area contributed by atoms with Gasteiger partial charge < -0.3 is 20.0 Å². The number of aliphatic hydroxyl groups excluding tert-OH is 2. The van der Waals surface area contributed by atoms with Crippen LogP contribution in [0.3, 0.4) is 0 Å². The smallest absolute Gasteiger partial charge is 0.391 e. The van der Waals surface area contributed by atoms with Crippen LogP contribution in [-0.2, 0) is 18.7 Å². The zero-order valence-corrected chi connectivity index (χ0v) is 20.0. The highest BCUT2D eigenvalue weighted by Crippen LogP contribution is 2.73. The molecule has 0 amide bonds. The lowest BCUT2D eigenvalue weighted by Crippen LogP contribution is -2.69. The molecule has 10 heteroatoms. The molecular formula is C22H30ClO8P. The summed E-state index contributed by atoms with van der Waals surface area (Å²) in [5, 5.41) is 21.2. The minimum absolute atomic E-state index is 0.0433. The molecule has 0 aromatic rings. The van der Waals surface area contributed by atoms with Gasteiger partial charge in [-0.15, -0.1) is 11.6 Å². The van der Waals surface area contributed by atoms with Gasteiger partial charge >= 0.3 is 7.82 Å². The van der Waals surface area contributed by atoms with Gasteiger partial charge in [-0.05, 0) is 55.6 Å². The summed E-state index contributed by atoms with van der Waals surface area (Å²) in [6.45, 7) is 4.36. The van der Waals surface area contributed by atoms with Crippen LogP contribution in [0.5, 0.6) is 0 Å². The number of fused-ring (bicyclic) bond motifs is 5. The first-order valence-corrected chi connectivity index (χ1v) is 12.8. The zero-order valence-electron chi connectivity index (χ0n) is 18.3. The van der Waals surface area contributed by atoms with E-state index in [9.17, 15) is 34.2 Å². The van der Waals surface area contributed by atoms with E-state index in [-0.39, 0.29) is 24.0 Å². The third-order valence-electron chi connectivity index (χ3n) is 9.00. The van der Waals surface area contributed by atoms with Gasteiger partial charge in [0.05, 0.1) is 11.0 Å². The maximum absolute atomic E-state index is 13.1. The summed E-state index contributed by atoms with van der Waals surface area (Å²) in [5.41, 5.74) is -3.05. The zero-order chi connectivity index (χ0) is 23.9. The Morgan fingerprint density at radius 2 is 1.97 bits per heavy atom. The molecule has 32 heavy (non-hydrogen) atoms. The Labute approximate surface area is 191 Å². The van der Waals surface area contributed by atoms with Crippen molar-refractivity contribution in [1.29, 1.82) is 0 Å². The summed E-state index contributed by atoms with van der Waals surface area (Å²) < 4.78 is 17.2. The summed E-state index contributed by atoms with van der Waals surface area (Å²) in [6.07, 6.45) is 5.13. The van der Waals surface area contributed by atoms with Crippen LogP contribution in [0.2, 0.25) is 0 Å². The fraction of sp³-hybridized carbons (Fsp3) is 0.727. The third-order valence-corrected chi connectivity index (χ3v) is 10.5. The minimum Gasteiger partial charge on any atom is -0.391 e. The standard InChI is InChI=1S/C22H30ClO8P/c1-12-8-16-15-5-4-13-9-14(25)6-7-19(13,2)21(15,23)17(26)10-20(16,3)22(12,18(27)11-24)31-32(28,29)30/h6-7,9,12,15-17,24,26H,4-5,8,10-11H2,1-3H3,(H2,28,29,30)/t12-,15-,16-,17-,19-,20-,21-,22-/m0/s1. The van der Waals surface area contributed by atoms with E-state index in [0.717, 1.165) is 5.57 Å². The van der Waals surface area contributed by atoms with Gasteiger partial charge in [0.15, 0.2) is 11.6 Å². The second-order valence-electron chi connectivity index (χ2n) is 10.3. The first kappa shape index (κ1) is 24.3. The first-order chi connectivity index (χ1) is 14.7. The highest BCUT2D eigenvalue weighted by molar-refractivity contribution is 7.46. The van der Waals surface area contributed by atoms with Gasteiger partial charge in [0.1, 0.15) is 12.2 Å². The van der Waals surface area contributed by atoms with Gasteiger partial charge in [-0.3, -0.25) is 14.1 Å². The van der Waals surface area contributed by atoms with E-state index in [4.69, 9.17) is 16.1 Å². The van der Waals surface area contributed by atoms with Crippen molar-refractivity contribution in [3.05, 3.63) is 23.8 Å². The van der Waals surface area contributed by atoms with E-state index in [1.807, 2.05) is 6.92 Å². The topological polar surface area (TPSA) is 141 Å². The van der Waals surface area contributed by atoms with Crippen molar-refractivity contribution in [3.8, 4) is 0 Å². The molecule has 3 saturated carbocycles. The summed E-state index contributed by atoms with van der Waals surface area (Å²) in [6, 6.07) is 0. The Morgan fingerprint density at radius 3 is 2.56 bits per heavy atom. The van der Waals surface area contributed by atoms with Crippen molar-refractivity contribution < 1.29 is 38.7 Å². The highest BCUT2D eigenvalue weighted by atomic mass is 35.5. The van der Waals surface area contributed by atoms with Crippen LogP contribution in [0.15, 0.2) is 23.8 Å². The van der Waals surface area contributed by atoms with Gasteiger partial charge in [0.2, 0.25) is 0 Å². The lowest BCUT2D eigenvalue weighted by atomic mass is 9.45. The van der Waals surface area contributed by atoms with Crippen LogP contribution < -0.4 is 0 Å². The fourth-order valence-corrected chi connectivity index (χ4v) is 9.06. The minimum atomic E-state index is -5.11. The second kappa shape index (κ2) is 7.32. The molecule has 0 aliphatic heterocycles. The molecule has 4 aliphatic rings. The number of phosphoric acid groups is 1. The predicted octanol–water partition coefficient (Wildman–Crippen LogP) is 2.28. The van der Waals surface area contributed by atoms with E-state index in [2.05, 4.69) is 0 Å². The Kier molecular flexibility index (Phi) is 5.55. The van der Waals surface area contributed by atoms with Crippen molar-refractivity contribution in [3.63, 3.8) is 0 Å². The van der Waals surface area contributed by atoms with Crippen molar-refractivity contribution in [2.75, 3.05) is 6.61 Å². The maximum Gasteiger partial charge on any atom is 0.470 e. The normalized spacial score (nSPS) is 48.0. The van der Waals surface area contributed by atoms with Gasteiger partial charge in [0.25, 0.3) is 0 Å². The predicted molar refractivity (Wildman–Crippen MR) is 116 cm³/mol. The van der Waals surface area contributed by atoms with E-state index < -0.39 is 53.5 Å². The molecular weight excluding hydrogens is 459 g/mol. The Bertz CT molecular complexity index is 973. The Hall–Kier alpha value is -0.860. The number of ketones is 2. The molecule has 0 radical (unpaired) electrons. The van der Waals surface area contributed by atoms with E-state index in [1.165, 1.54) is 6.08 Å². The fourth-order valence-electron chi connectivity index (χ4n) is 7.67. The first-order valence-electron chi connectivity index (χ1n) is 10.9. The molecule has 0 heterocycles. The largest absolute Gasteiger partial charge is 0.470 e. The Morgan fingerprint density at radius 1 is 1.31 bits per heavy atom. The number of carbonyl (C=O) groups is 2. The number of Topliss-reactive ketones (excluding diaryl/α,β-unsaturated/α-hetero) is 1. The molecule has 0 saturated heterocycles. The molecule has 4 N–H and O–H groups in total. The quantitative estimate of drug-likeness (QED) is 0.349. The number of aliphatic hydroxyl groups is 2. The monoisotopic (exact) mass is 488 g/mol. The van der Waals surface area contributed by atoms with Crippen molar-refractivity contribution in [2.45, 2.75) is 63.0 Å². The van der Waals surface area contributed by atoms with Gasteiger partial charge in [0, 0.05) is 10.8 Å². The molecule has 3 fully saturated rings. The maximum atomic E-state index is 13.1. The number of hydrogen-bond donors (Lipinski definition) is 4. The van der Waals surface area contributed by atoms with E-state index in [1.54, 1.807) is 26.0 Å². The van der Waals surface area contributed by atoms with Gasteiger partial charge in [-0.25, -0.2) is 4.57 Å². The average molecular weight is 489 g/mol. The number of halogens is 1. The molecule has 4 aliphatic carbocycles. The van der Waals surface area contributed by atoms with Gasteiger partial charge in [-0.1, -0.05) is 32.4 Å². The summed E-state index contributed by atoms with van der Waals surface area (Å²) in [4.78, 5) is 43.3. The van der Waals surface area contributed by atoms with Crippen LogP contribution >= 0.6 is 19.4 Å². The average Bonchev–Trinajstić information content (AvgIpc) is 2.90. The number of allylic oxidation sites excluding steroid dienone is 4. The van der Waals surface area contributed by atoms with Crippen LogP contribution in [0, 0.1) is 28.6 Å². The third kappa shape index (κ3) is 2.90. The molecule has 0 bridgehead atoms. The molecule has 8 nitrogen and oxygen atoms in total. The van der Waals surface area contributed by atoms with Crippen LogP contribution in [0.4, 0.5) is 0 Å². The molecule has 0 aromatic heterocycles. The number of rotatable bonds is 4. The molecule has 8 atom stereocenters. The SMILES string of the molecule is C[C@H]1C[C@H]2[C@@H]3CCC4=CC(=O)C=C[C@]4(C)[C@@]3(Cl)[C@@H](O)C[C@]2(C)[C@@]1(OP(=O)(O)O)C(=O)CO. The van der Waals surface area contributed by atoms with E-state index in [0.29, 0.717) is 19.3 Å². The second-order valence-corrected chi connectivity index (χ2v) is 12.1. The Balaban J connectivity index is 1.87. The summed E-state index contributed by atoms with van der Waals surface area (Å²) >= 11 is 7.32.